The molecule has 3 nitrogen and oxygen atoms in total. The molecule has 1 aromatic rings. The smallest absolute Gasteiger partial charge is 0.207 e. The van der Waals surface area contributed by atoms with Crippen LogP contribution in [0.2, 0.25) is 0 Å². The molecule has 5 heteroatoms. The lowest BCUT2D eigenvalue weighted by Gasteiger charge is -2.29. The number of halogens is 1. The zero-order chi connectivity index (χ0) is 14.5. The summed E-state index contributed by atoms with van der Waals surface area (Å²) in [4.78, 5) is 0.343. The van der Waals surface area contributed by atoms with Crippen LogP contribution in [0, 0.1) is 6.92 Å². The van der Waals surface area contributed by atoms with Gasteiger partial charge >= 0.3 is 0 Å². The molecule has 0 spiro atoms. The van der Waals surface area contributed by atoms with Crippen LogP contribution in [0.15, 0.2) is 29.2 Å². The Morgan fingerprint density at radius 3 is 2.11 bits per heavy atom. The summed E-state index contributed by atoms with van der Waals surface area (Å²) in [6.07, 6.45) is 1.58. The summed E-state index contributed by atoms with van der Waals surface area (Å²) >= 11 is 5.77. The third-order valence-corrected chi connectivity index (χ3v) is 5.42. The molecule has 0 fully saturated rings. The third kappa shape index (κ3) is 3.94. The van der Waals surface area contributed by atoms with E-state index in [0.717, 1.165) is 18.4 Å². The van der Waals surface area contributed by atoms with Gasteiger partial charge in [0.15, 0.2) is 0 Å². The Hall–Kier alpha value is -0.580. The summed E-state index contributed by atoms with van der Waals surface area (Å²) < 4.78 is 26.9. The van der Waals surface area contributed by atoms with E-state index in [4.69, 9.17) is 11.6 Å². The van der Waals surface area contributed by atoms with Crippen LogP contribution in [0.5, 0.6) is 0 Å². The molecular weight excluding hydrogens is 282 g/mol. The topological polar surface area (TPSA) is 37.4 Å². The Balaban J connectivity index is 3.15. The highest BCUT2D eigenvalue weighted by Crippen LogP contribution is 2.21. The van der Waals surface area contributed by atoms with Gasteiger partial charge in [-0.05, 0) is 31.9 Å². The van der Waals surface area contributed by atoms with E-state index in [9.17, 15) is 8.42 Å². The molecule has 1 rings (SSSR count). The van der Waals surface area contributed by atoms with E-state index in [2.05, 4.69) is 0 Å². The van der Waals surface area contributed by atoms with Gasteiger partial charge in [-0.1, -0.05) is 31.5 Å². The molecule has 19 heavy (non-hydrogen) atoms. The van der Waals surface area contributed by atoms with Crippen molar-refractivity contribution in [1.82, 2.24) is 4.31 Å². The second-order valence-corrected chi connectivity index (χ2v) is 6.86. The van der Waals surface area contributed by atoms with E-state index >= 15 is 0 Å². The summed E-state index contributed by atoms with van der Waals surface area (Å²) in [6.45, 7) is 6.29. The number of benzene rings is 1. The molecule has 0 heterocycles. The van der Waals surface area contributed by atoms with Crippen LogP contribution in [0.25, 0.3) is 0 Å². The second kappa shape index (κ2) is 7.27. The van der Waals surface area contributed by atoms with Crippen LogP contribution < -0.4 is 0 Å². The van der Waals surface area contributed by atoms with Crippen LogP contribution in [0.4, 0.5) is 0 Å². The normalized spacial score (nSPS) is 12.3. The first-order valence-corrected chi connectivity index (χ1v) is 8.59. The van der Waals surface area contributed by atoms with E-state index in [0.29, 0.717) is 17.3 Å². The fraction of sp³-hybridized carbons (Fsp3) is 0.571. The summed E-state index contributed by atoms with van der Waals surface area (Å²) in [7, 11) is -3.45. The first-order chi connectivity index (χ1) is 8.97. The van der Waals surface area contributed by atoms with Gasteiger partial charge < -0.3 is 0 Å². The standard InChI is InChI=1S/C14H22ClNO2S/c1-4-13(5-2)16(11-10-15)19(17,18)14-8-6-12(3)7-9-14/h6-9,13H,4-5,10-11H2,1-3H3. The lowest BCUT2D eigenvalue weighted by atomic mass is 10.2. The van der Waals surface area contributed by atoms with Crippen molar-refractivity contribution in [2.24, 2.45) is 0 Å². The van der Waals surface area contributed by atoms with E-state index in [1.807, 2.05) is 32.9 Å². The first-order valence-electron chi connectivity index (χ1n) is 6.61. The van der Waals surface area contributed by atoms with Crippen LogP contribution in [-0.2, 0) is 10.0 Å². The van der Waals surface area contributed by atoms with Crippen LogP contribution in [-0.4, -0.2) is 31.2 Å². The van der Waals surface area contributed by atoms with Gasteiger partial charge in [-0.3, -0.25) is 0 Å². The van der Waals surface area contributed by atoms with Gasteiger partial charge in [0.1, 0.15) is 0 Å². The van der Waals surface area contributed by atoms with Gasteiger partial charge in [-0.15, -0.1) is 11.6 Å². The number of sulfonamides is 1. The highest BCUT2D eigenvalue weighted by molar-refractivity contribution is 7.89. The Morgan fingerprint density at radius 2 is 1.68 bits per heavy atom. The van der Waals surface area contributed by atoms with Crippen LogP contribution in [0.3, 0.4) is 0 Å². The summed E-state index contributed by atoms with van der Waals surface area (Å²) in [5.41, 5.74) is 1.05. The highest BCUT2D eigenvalue weighted by Gasteiger charge is 2.28. The van der Waals surface area contributed by atoms with Crippen molar-refractivity contribution in [2.45, 2.75) is 44.6 Å². The molecule has 0 saturated heterocycles. The lowest BCUT2D eigenvalue weighted by molar-refractivity contribution is 0.316. The van der Waals surface area contributed by atoms with Crippen molar-refractivity contribution in [2.75, 3.05) is 12.4 Å². The maximum atomic E-state index is 12.7. The third-order valence-electron chi connectivity index (χ3n) is 3.28. The molecule has 0 atom stereocenters. The second-order valence-electron chi connectivity index (χ2n) is 4.59. The molecular formula is C14H22ClNO2S. The van der Waals surface area contributed by atoms with Crippen molar-refractivity contribution in [3.05, 3.63) is 29.8 Å². The SMILES string of the molecule is CCC(CC)N(CCCl)S(=O)(=O)c1ccc(C)cc1. The minimum atomic E-state index is -3.45. The van der Waals surface area contributed by atoms with E-state index in [1.165, 1.54) is 4.31 Å². The first kappa shape index (κ1) is 16.5. The fourth-order valence-electron chi connectivity index (χ4n) is 2.12. The highest BCUT2D eigenvalue weighted by atomic mass is 35.5. The van der Waals surface area contributed by atoms with Crippen molar-refractivity contribution < 1.29 is 8.42 Å². The molecule has 108 valence electrons. The predicted octanol–water partition coefficient (Wildman–Crippen LogP) is 3.41. The molecule has 0 amide bonds. The Labute approximate surface area is 121 Å². The molecule has 0 aromatic heterocycles. The number of hydrogen-bond acceptors (Lipinski definition) is 2. The van der Waals surface area contributed by atoms with Crippen molar-refractivity contribution >= 4 is 21.6 Å². The Bertz CT molecular complexity index is 481. The van der Waals surface area contributed by atoms with Gasteiger partial charge in [-0.2, -0.15) is 4.31 Å². The monoisotopic (exact) mass is 303 g/mol. The van der Waals surface area contributed by atoms with E-state index in [1.54, 1.807) is 12.1 Å². The Kier molecular flexibility index (Phi) is 6.30. The van der Waals surface area contributed by atoms with E-state index in [-0.39, 0.29) is 6.04 Å². The quantitative estimate of drug-likeness (QED) is 0.724. The average Bonchev–Trinajstić information content (AvgIpc) is 2.39. The summed E-state index contributed by atoms with van der Waals surface area (Å²) in [5, 5.41) is 0. The molecule has 0 bridgehead atoms. The van der Waals surface area contributed by atoms with Crippen molar-refractivity contribution in [1.29, 1.82) is 0 Å². The molecule has 0 aliphatic heterocycles. The van der Waals surface area contributed by atoms with Crippen molar-refractivity contribution in [3.63, 3.8) is 0 Å². The predicted molar refractivity (Wildman–Crippen MR) is 80.2 cm³/mol. The van der Waals surface area contributed by atoms with Gasteiger partial charge in [0.25, 0.3) is 0 Å². The molecule has 0 radical (unpaired) electrons. The number of alkyl halides is 1. The van der Waals surface area contributed by atoms with Crippen molar-refractivity contribution in [3.8, 4) is 0 Å². The van der Waals surface area contributed by atoms with Crippen LogP contribution >= 0.6 is 11.6 Å². The largest absolute Gasteiger partial charge is 0.243 e. The average molecular weight is 304 g/mol. The summed E-state index contributed by atoms with van der Waals surface area (Å²) in [6, 6.07) is 6.96. The van der Waals surface area contributed by atoms with Gasteiger partial charge in [0, 0.05) is 18.5 Å². The zero-order valence-electron chi connectivity index (χ0n) is 11.8. The minimum Gasteiger partial charge on any atom is -0.207 e. The molecule has 1 aromatic carbocycles. The molecule has 0 N–H and O–H groups in total. The molecule has 0 aliphatic rings. The number of aryl methyl sites for hydroxylation is 1. The van der Waals surface area contributed by atoms with Gasteiger partial charge in [0.05, 0.1) is 4.90 Å². The molecule has 0 saturated carbocycles. The van der Waals surface area contributed by atoms with Gasteiger partial charge in [0.2, 0.25) is 10.0 Å². The number of rotatable bonds is 7. The minimum absolute atomic E-state index is 0.00468. The molecule has 0 unspecified atom stereocenters. The van der Waals surface area contributed by atoms with Gasteiger partial charge in [-0.25, -0.2) is 8.42 Å². The van der Waals surface area contributed by atoms with Crippen LogP contribution in [0.1, 0.15) is 32.3 Å². The summed E-state index contributed by atoms with van der Waals surface area (Å²) in [5.74, 6) is 0.307. The Morgan fingerprint density at radius 1 is 1.16 bits per heavy atom. The fourth-order valence-corrected chi connectivity index (χ4v) is 4.18. The maximum Gasteiger partial charge on any atom is 0.243 e. The van der Waals surface area contributed by atoms with E-state index < -0.39 is 10.0 Å². The molecule has 0 aliphatic carbocycles. The maximum absolute atomic E-state index is 12.7. The lowest BCUT2D eigenvalue weighted by Crippen LogP contribution is -2.40. The number of nitrogens with zero attached hydrogens (tertiary/aromatic N) is 1. The zero-order valence-corrected chi connectivity index (χ0v) is 13.3. The number of hydrogen-bond donors (Lipinski definition) is 0.